The van der Waals surface area contributed by atoms with Crippen molar-refractivity contribution in [3.05, 3.63) is 35.4 Å². The monoisotopic (exact) mass is 215 g/mol. The number of nitrogen functional groups attached to an aromatic ring is 1. The van der Waals surface area contributed by atoms with Gasteiger partial charge >= 0.3 is 0 Å². The van der Waals surface area contributed by atoms with Crippen LogP contribution in [0.25, 0.3) is 10.9 Å². The van der Waals surface area contributed by atoms with Gasteiger partial charge in [0.1, 0.15) is 5.82 Å². The van der Waals surface area contributed by atoms with E-state index in [1.807, 2.05) is 6.07 Å². The van der Waals surface area contributed by atoms with Crippen LogP contribution in [0.15, 0.2) is 24.3 Å². The minimum absolute atomic E-state index is 0.462. The summed E-state index contributed by atoms with van der Waals surface area (Å²) in [5.41, 5.74) is 6.12. The van der Waals surface area contributed by atoms with E-state index in [2.05, 4.69) is 49.4 Å². The number of aromatic nitrogens is 1. The Morgan fingerprint density at radius 2 is 2.06 bits per heavy atom. The zero-order valence-electron chi connectivity index (χ0n) is 9.91. The second-order valence-electron chi connectivity index (χ2n) is 4.37. The number of anilines is 1. The zero-order chi connectivity index (χ0) is 11.7. The molecule has 0 aliphatic heterocycles. The van der Waals surface area contributed by atoms with Crippen LogP contribution in [-0.2, 0) is 0 Å². The van der Waals surface area contributed by atoms with Gasteiger partial charge in [-0.05, 0) is 30.0 Å². The van der Waals surface area contributed by atoms with Crippen molar-refractivity contribution in [2.24, 2.45) is 5.84 Å². The Bertz CT molecular complexity index is 518. The highest BCUT2D eigenvalue weighted by atomic mass is 15.2. The number of aryl methyl sites for hydroxylation is 1. The lowest BCUT2D eigenvalue weighted by molar-refractivity contribution is 0.872. The van der Waals surface area contributed by atoms with Crippen LogP contribution in [0, 0.1) is 6.92 Å². The van der Waals surface area contributed by atoms with E-state index < -0.39 is 0 Å². The zero-order valence-corrected chi connectivity index (χ0v) is 9.91. The van der Waals surface area contributed by atoms with Gasteiger partial charge in [-0.2, -0.15) is 0 Å². The van der Waals surface area contributed by atoms with E-state index in [9.17, 15) is 0 Å². The number of nitrogens with zero attached hydrogens (tertiary/aromatic N) is 1. The Hall–Kier alpha value is -1.61. The van der Waals surface area contributed by atoms with Gasteiger partial charge in [0, 0.05) is 5.39 Å². The number of fused-ring (bicyclic) bond motifs is 1. The maximum absolute atomic E-state index is 5.42. The van der Waals surface area contributed by atoms with E-state index in [1.165, 1.54) is 16.5 Å². The maximum atomic E-state index is 5.42. The smallest absolute Gasteiger partial charge is 0.140 e. The summed E-state index contributed by atoms with van der Waals surface area (Å²) >= 11 is 0. The molecule has 0 amide bonds. The molecule has 0 unspecified atom stereocenters. The lowest BCUT2D eigenvalue weighted by atomic mass is 9.98. The van der Waals surface area contributed by atoms with Crippen LogP contribution in [0.2, 0.25) is 0 Å². The molecule has 3 nitrogen and oxygen atoms in total. The molecular weight excluding hydrogens is 198 g/mol. The summed E-state index contributed by atoms with van der Waals surface area (Å²) < 4.78 is 0. The second kappa shape index (κ2) is 4.10. The van der Waals surface area contributed by atoms with Crippen LogP contribution in [0.3, 0.4) is 0 Å². The Labute approximate surface area is 95.7 Å². The number of benzene rings is 1. The number of hydrogen-bond acceptors (Lipinski definition) is 3. The summed E-state index contributed by atoms with van der Waals surface area (Å²) in [5.74, 6) is 6.61. The topological polar surface area (TPSA) is 50.9 Å². The molecule has 0 fully saturated rings. The fourth-order valence-corrected chi connectivity index (χ4v) is 1.98. The van der Waals surface area contributed by atoms with E-state index in [1.54, 1.807) is 0 Å². The predicted molar refractivity (Wildman–Crippen MR) is 68.4 cm³/mol. The van der Waals surface area contributed by atoms with Crippen LogP contribution >= 0.6 is 0 Å². The summed E-state index contributed by atoms with van der Waals surface area (Å²) in [6, 6.07) is 8.28. The van der Waals surface area contributed by atoms with Crippen molar-refractivity contribution < 1.29 is 0 Å². The third-order valence-corrected chi connectivity index (χ3v) is 2.85. The molecule has 0 bridgehead atoms. The van der Waals surface area contributed by atoms with Crippen molar-refractivity contribution in [2.75, 3.05) is 5.43 Å². The van der Waals surface area contributed by atoms with Crippen molar-refractivity contribution >= 4 is 16.7 Å². The SMILES string of the molecule is Cc1cc(NN)nc2c(C(C)C)cccc12. The number of nitrogens with two attached hydrogens (primary N) is 1. The molecule has 0 aliphatic carbocycles. The van der Waals surface area contributed by atoms with Crippen LogP contribution in [0.4, 0.5) is 5.82 Å². The molecule has 0 saturated carbocycles. The molecule has 84 valence electrons. The lowest BCUT2D eigenvalue weighted by Gasteiger charge is -2.12. The van der Waals surface area contributed by atoms with Crippen LogP contribution in [0.1, 0.15) is 30.9 Å². The molecule has 2 aromatic rings. The third kappa shape index (κ3) is 1.74. The number of nitrogens with one attached hydrogen (secondary N) is 1. The number of para-hydroxylation sites is 1. The second-order valence-corrected chi connectivity index (χ2v) is 4.37. The number of pyridine rings is 1. The van der Waals surface area contributed by atoms with Gasteiger partial charge in [0.25, 0.3) is 0 Å². The first kappa shape index (κ1) is 10.9. The van der Waals surface area contributed by atoms with Gasteiger partial charge in [-0.1, -0.05) is 32.0 Å². The Morgan fingerprint density at radius 3 is 2.69 bits per heavy atom. The van der Waals surface area contributed by atoms with Crippen molar-refractivity contribution in [3.8, 4) is 0 Å². The molecule has 1 aromatic carbocycles. The van der Waals surface area contributed by atoms with Crippen LogP contribution < -0.4 is 11.3 Å². The number of hydrogen-bond donors (Lipinski definition) is 2. The van der Waals surface area contributed by atoms with Gasteiger partial charge in [0.2, 0.25) is 0 Å². The average Bonchev–Trinajstić information content (AvgIpc) is 2.28. The number of rotatable bonds is 2. The van der Waals surface area contributed by atoms with E-state index in [0.717, 1.165) is 11.3 Å². The fraction of sp³-hybridized carbons (Fsp3) is 0.308. The fourth-order valence-electron chi connectivity index (χ4n) is 1.98. The third-order valence-electron chi connectivity index (χ3n) is 2.85. The highest BCUT2D eigenvalue weighted by molar-refractivity contribution is 5.86. The van der Waals surface area contributed by atoms with E-state index in [0.29, 0.717) is 5.92 Å². The minimum atomic E-state index is 0.462. The summed E-state index contributed by atoms with van der Waals surface area (Å²) in [5, 5.41) is 1.20. The van der Waals surface area contributed by atoms with E-state index in [-0.39, 0.29) is 0 Å². The van der Waals surface area contributed by atoms with Crippen LogP contribution in [-0.4, -0.2) is 4.98 Å². The molecule has 0 saturated heterocycles. The quantitative estimate of drug-likeness (QED) is 0.598. The largest absolute Gasteiger partial charge is 0.308 e. The van der Waals surface area contributed by atoms with Crippen molar-refractivity contribution in [1.82, 2.24) is 4.98 Å². The van der Waals surface area contributed by atoms with Crippen molar-refractivity contribution in [3.63, 3.8) is 0 Å². The average molecular weight is 215 g/mol. The molecule has 3 N–H and O–H groups in total. The maximum Gasteiger partial charge on any atom is 0.140 e. The molecule has 0 atom stereocenters. The van der Waals surface area contributed by atoms with Gasteiger partial charge < -0.3 is 5.43 Å². The molecule has 16 heavy (non-hydrogen) atoms. The van der Waals surface area contributed by atoms with Gasteiger partial charge in [-0.15, -0.1) is 0 Å². The highest BCUT2D eigenvalue weighted by Gasteiger charge is 2.08. The molecular formula is C13H17N3. The van der Waals surface area contributed by atoms with Gasteiger partial charge in [0.05, 0.1) is 5.52 Å². The molecule has 0 aliphatic rings. The molecule has 0 radical (unpaired) electrons. The van der Waals surface area contributed by atoms with E-state index in [4.69, 9.17) is 5.84 Å². The molecule has 1 aromatic heterocycles. The Kier molecular flexibility index (Phi) is 2.79. The summed E-state index contributed by atoms with van der Waals surface area (Å²) in [4.78, 5) is 4.54. The molecule has 2 rings (SSSR count). The lowest BCUT2D eigenvalue weighted by Crippen LogP contribution is -2.09. The first-order valence-corrected chi connectivity index (χ1v) is 5.50. The minimum Gasteiger partial charge on any atom is -0.308 e. The summed E-state index contributed by atoms with van der Waals surface area (Å²) in [7, 11) is 0. The van der Waals surface area contributed by atoms with Crippen molar-refractivity contribution in [1.29, 1.82) is 0 Å². The standard InChI is InChI=1S/C13H17N3/c1-8(2)10-5-4-6-11-9(3)7-12(16-14)15-13(10)11/h4-8H,14H2,1-3H3,(H,15,16). The molecule has 3 heteroatoms. The Balaban J connectivity index is 2.79. The molecule has 1 heterocycles. The summed E-state index contributed by atoms with van der Waals surface area (Å²) in [6.45, 7) is 6.43. The van der Waals surface area contributed by atoms with Gasteiger partial charge in [-0.3, -0.25) is 0 Å². The van der Waals surface area contributed by atoms with Gasteiger partial charge in [0.15, 0.2) is 0 Å². The predicted octanol–water partition coefficient (Wildman–Crippen LogP) is 2.95. The highest BCUT2D eigenvalue weighted by Crippen LogP contribution is 2.27. The first-order valence-electron chi connectivity index (χ1n) is 5.50. The first-order chi connectivity index (χ1) is 7.63. The summed E-state index contributed by atoms with van der Waals surface area (Å²) in [6.07, 6.45) is 0. The normalized spacial score (nSPS) is 11.1. The van der Waals surface area contributed by atoms with Crippen molar-refractivity contribution in [2.45, 2.75) is 26.7 Å². The van der Waals surface area contributed by atoms with E-state index >= 15 is 0 Å². The number of hydrazine groups is 1. The Morgan fingerprint density at radius 1 is 1.31 bits per heavy atom. The van der Waals surface area contributed by atoms with Gasteiger partial charge in [-0.25, -0.2) is 10.8 Å². The molecule has 0 spiro atoms. The van der Waals surface area contributed by atoms with Crippen LogP contribution in [0.5, 0.6) is 0 Å².